The van der Waals surface area contributed by atoms with E-state index in [1.807, 2.05) is 24.3 Å². The smallest absolute Gasteiger partial charge is 0.164 e. The van der Waals surface area contributed by atoms with Gasteiger partial charge in [0.25, 0.3) is 0 Å². The predicted molar refractivity (Wildman–Crippen MR) is 215 cm³/mol. The Morgan fingerprint density at radius 3 is 1.43 bits per heavy atom. The van der Waals surface area contributed by atoms with Gasteiger partial charge in [0.15, 0.2) is 17.5 Å². The molecule has 0 amide bonds. The van der Waals surface area contributed by atoms with Crippen molar-refractivity contribution in [2.45, 2.75) is 95.8 Å². The first-order chi connectivity index (χ1) is 26.2. The molecule has 0 N–H and O–H groups in total. The summed E-state index contributed by atoms with van der Waals surface area (Å²) in [6, 6.07) is 35.7. The van der Waals surface area contributed by atoms with Crippen molar-refractivity contribution < 1.29 is 0 Å². The van der Waals surface area contributed by atoms with E-state index in [-0.39, 0.29) is 10.8 Å². The van der Waals surface area contributed by atoms with E-state index in [1.54, 1.807) is 35.4 Å². The summed E-state index contributed by atoms with van der Waals surface area (Å²) in [6.07, 6.45) is 13.6. The maximum absolute atomic E-state index is 9.38. The minimum absolute atomic E-state index is 0.222. The van der Waals surface area contributed by atoms with E-state index in [4.69, 9.17) is 15.0 Å². The van der Waals surface area contributed by atoms with Gasteiger partial charge >= 0.3 is 0 Å². The minimum atomic E-state index is 0.222. The molecule has 0 radical (unpaired) electrons. The second kappa shape index (κ2) is 13.6. The molecule has 5 nitrogen and oxygen atoms in total. The zero-order valence-corrected chi connectivity index (χ0v) is 31.9. The summed E-state index contributed by atoms with van der Waals surface area (Å²) < 4.78 is 0. The third-order valence-corrected chi connectivity index (χ3v) is 13.7. The fraction of sp³-hybridized carbons (Fsp3) is 0.408. The summed E-state index contributed by atoms with van der Waals surface area (Å²) in [5, 5.41) is 18.8. The van der Waals surface area contributed by atoms with E-state index in [0.29, 0.717) is 28.6 Å². The van der Waals surface area contributed by atoms with Gasteiger partial charge in [0.2, 0.25) is 0 Å². The maximum atomic E-state index is 9.38. The number of hydrogen-bond donors (Lipinski definition) is 0. The van der Waals surface area contributed by atoms with Crippen LogP contribution in [0, 0.1) is 52.3 Å². The van der Waals surface area contributed by atoms with Crippen LogP contribution in [-0.2, 0) is 10.8 Å². The van der Waals surface area contributed by atoms with Crippen molar-refractivity contribution in [3.63, 3.8) is 0 Å². The molecule has 0 aliphatic heterocycles. The average Bonchev–Trinajstić information content (AvgIpc) is 3.54. The Balaban J connectivity index is 1.12. The van der Waals surface area contributed by atoms with Gasteiger partial charge in [0.1, 0.15) is 0 Å². The molecule has 270 valence electrons. The Kier molecular flexibility index (Phi) is 8.73. The fourth-order valence-electron chi connectivity index (χ4n) is 11.6. The summed E-state index contributed by atoms with van der Waals surface area (Å²) in [5.74, 6) is 5.80. The Bertz CT molecular complexity index is 2170. The van der Waals surface area contributed by atoms with E-state index in [0.717, 1.165) is 46.3 Å². The van der Waals surface area contributed by atoms with Gasteiger partial charge in [-0.15, -0.1) is 0 Å². The number of nitriles is 2. The molecule has 4 bridgehead atoms. The number of hydrogen-bond acceptors (Lipinski definition) is 5. The molecule has 5 aromatic rings. The quantitative estimate of drug-likeness (QED) is 0.175. The van der Waals surface area contributed by atoms with Gasteiger partial charge in [0, 0.05) is 16.7 Å². The molecule has 9 rings (SSSR count). The molecular formula is C49H49N5. The van der Waals surface area contributed by atoms with Gasteiger partial charge in [-0.05, 0) is 163 Å². The van der Waals surface area contributed by atoms with E-state index >= 15 is 0 Å². The summed E-state index contributed by atoms with van der Waals surface area (Å²) in [7, 11) is 0. The van der Waals surface area contributed by atoms with Gasteiger partial charge in [-0.3, -0.25) is 0 Å². The molecule has 4 fully saturated rings. The first-order valence-corrected chi connectivity index (χ1v) is 20.2. The molecule has 54 heavy (non-hydrogen) atoms. The number of benzene rings is 4. The largest absolute Gasteiger partial charge is 0.208 e. The molecule has 4 aliphatic carbocycles. The van der Waals surface area contributed by atoms with Crippen molar-refractivity contribution in [3.05, 3.63) is 113 Å². The van der Waals surface area contributed by atoms with Crippen LogP contribution >= 0.6 is 0 Å². The number of aromatic nitrogens is 3. The Labute approximate surface area is 320 Å². The van der Waals surface area contributed by atoms with Crippen molar-refractivity contribution in [1.29, 1.82) is 10.5 Å². The Morgan fingerprint density at radius 2 is 0.944 bits per heavy atom. The second-order valence-electron chi connectivity index (χ2n) is 18.0. The highest BCUT2D eigenvalue weighted by Gasteiger charge is 2.47. The third-order valence-electron chi connectivity index (χ3n) is 13.7. The number of nitrogens with zero attached hydrogens (tertiary/aromatic N) is 5. The second-order valence-corrected chi connectivity index (χ2v) is 18.0. The van der Waals surface area contributed by atoms with Crippen molar-refractivity contribution in [2.24, 2.45) is 29.6 Å². The standard InChI is InChI=1S/C49H49N5/c1-31-18-37-19-32(2)25-49(24-31,28-37)44-22-42(21-43(23-44)48(3)26-35-4-5-36(20-35)27-48)38-14-16-41(17-15-38)47-53-45(39-10-6-33(29-50)7-11-39)52-46(54-47)40-12-8-34(30-51)9-13-40/h6-17,21-23,31-32,35-37H,4-5,18-20,24-28H2,1-3H3/t31-,32+,35-,36+,37-,48?,49?. The SMILES string of the molecule is C[C@@H]1C[C@@H]2C[C@H](C)CC(c3cc(-c4ccc(-c5nc(-c6ccc(C#N)cc6)nc(-c6ccc(C#N)cc6)n5)cc4)cc(C4(C)C[C@@H]5CC[C@@H](C5)C4)c3)(C1)C2. The lowest BCUT2D eigenvalue weighted by Crippen LogP contribution is -2.42. The fourth-order valence-corrected chi connectivity index (χ4v) is 11.6. The summed E-state index contributed by atoms with van der Waals surface area (Å²) >= 11 is 0. The van der Waals surface area contributed by atoms with Gasteiger partial charge in [-0.25, -0.2) is 15.0 Å². The normalized spacial score (nSPS) is 28.6. The minimum Gasteiger partial charge on any atom is -0.208 e. The molecule has 4 aliphatic rings. The molecule has 1 aromatic heterocycles. The average molecular weight is 708 g/mol. The highest BCUT2D eigenvalue weighted by Crippen LogP contribution is 2.56. The highest BCUT2D eigenvalue weighted by atomic mass is 15.0. The lowest BCUT2D eigenvalue weighted by atomic mass is 9.54. The maximum Gasteiger partial charge on any atom is 0.164 e. The molecule has 4 aromatic carbocycles. The van der Waals surface area contributed by atoms with Gasteiger partial charge in [0.05, 0.1) is 23.3 Å². The molecular weight excluding hydrogens is 659 g/mol. The van der Waals surface area contributed by atoms with Gasteiger partial charge < -0.3 is 0 Å². The first-order valence-electron chi connectivity index (χ1n) is 20.2. The molecule has 4 saturated carbocycles. The molecule has 0 saturated heterocycles. The monoisotopic (exact) mass is 707 g/mol. The van der Waals surface area contributed by atoms with Crippen LogP contribution in [-0.4, -0.2) is 15.0 Å². The van der Waals surface area contributed by atoms with E-state index in [1.165, 1.54) is 75.3 Å². The van der Waals surface area contributed by atoms with Crippen LogP contribution in [0.4, 0.5) is 0 Å². The van der Waals surface area contributed by atoms with Gasteiger partial charge in [-0.2, -0.15) is 10.5 Å². The third kappa shape index (κ3) is 6.53. The van der Waals surface area contributed by atoms with E-state index in [2.05, 4.69) is 75.4 Å². The van der Waals surface area contributed by atoms with Crippen molar-refractivity contribution in [2.75, 3.05) is 0 Å². The summed E-state index contributed by atoms with van der Waals surface area (Å²) in [4.78, 5) is 14.8. The van der Waals surface area contributed by atoms with E-state index in [9.17, 15) is 10.5 Å². The first kappa shape index (κ1) is 34.6. The van der Waals surface area contributed by atoms with Crippen LogP contribution in [0.2, 0.25) is 0 Å². The van der Waals surface area contributed by atoms with Crippen molar-refractivity contribution in [1.82, 2.24) is 15.0 Å². The molecule has 7 atom stereocenters. The van der Waals surface area contributed by atoms with Gasteiger partial charge in [-0.1, -0.05) is 76.1 Å². The van der Waals surface area contributed by atoms with Crippen LogP contribution in [0.1, 0.15) is 107 Å². The lowest BCUT2D eigenvalue weighted by Gasteiger charge is -2.51. The summed E-state index contributed by atoms with van der Waals surface area (Å²) in [5.41, 5.74) is 9.94. The lowest BCUT2D eigenvalue weighted by molar-refractivity contribution is 0.0779. The van der Waals surface area contributed by atoms with Crippen LogP contribution in [0.25, 0.3) is 45.3 Å². The highest BCUT2D eigenvalue weighted by molar-refractivity contribution is 5.72. The topological polar surface area (TPSA) is 86.2 Å². The van der Waals surface area contributed by atoms with Crippen molar-refractivity contribution >= 4 is 0 Å². The molecule has 0 spiro atoms. The molecule has 1 heterocycles. The van der Waals surface area contributed by atoms with Crippen LogP contribution in [0.3, 0.4) is 0 Å². The predicted octanol–water partition coefficient (Wildman–Crippen LogP) is 11.9. The van der Waals surface area contributed by atoms with Crippen molar-refractivity contribution in [3.8, 4) is 57.4 Å². The van der Waals surface area contributed by atoms with Crippen LogP contribution < -0.4 is 0 Å². The Morgan fingerprint density at radius 1 is 0.500 bits per heavy atom. The van der Waals surface area contributed by atoms with E-state index < -0.39 is 0 Å². The van der Waals surface area contributed by atoms with Crippen LogP contribution in [0.5, 0.6) is 0 Å². The zero-order valence-electron chi connectivity index (χ0n) is 31.9. The summed E-state index contributed by atoms with van der Waals surface area (Å²) in [6.45, 7) is 7.58. The molecule has 2 unspecified atom stereocenters. The molecule has 5 heteroatoms. The zero-order chi connectivity index (χ0) is 37.0. The van der Waals surface area contributed by atoms with Crippen LogP contribution in [0.15, 0.2) is 91.0 Å². The number of rotatable bonds is 6. The number of fused-ring (bicyclic) bond motifs is 4. The Hall–Kier alpha value is -5.13.